The predicted molar refractivity (Wildman–Crippen MR) is 126 cm³/mol. The first-order valence-electron chi connectivity index (χ1n) is 10.5. The Labute approximate surface area is 191 Å². The zero-order chi connectivity index (χ0) is 19.8. The second kappa shape index (κ2) is 12.1. The Morgan fingerprint density at radius 2 is 1.76 bits per heavy atom. The van der Waals surface area contributed by atoms with Crippen LogP contribution in [0.15, 0.2) is 29.3 Å². The summed E-state index contributed by atoms with van der Waals surface area (Å²) in [5.41, 5.74) is 1.12. The average molecular weight is 519 g/mol. The van der Waals surface area contributed by atoms with Crippen molar-refractivity contribution in [3.8, 4) is 0 Å². The summed E-state index contributed by atoms with van der Waals surface area (Å²) in [6.45, 7) is 5.01. The maximum absolute atomic E-state index is 13.4. The van der Waals surface area contributed by atoms with Gasteiger partial charge in [-0.05, 0) is 55.7 Å². The largest absolute Gasteiger partial charge is 0.381 e. The van der Waals surface area contributed by atoms with Crippen molar-refractivity contribution in [2.75, 3.05) is 53.6 Å². The lowest BCUT2D eigenvalue weighted by Crippen LogP contribution is -2.48. The van der Waals surface area contributed by atoms with Crippen molar-refractivity contribution in [2.24, 2.45) is 10.9 Å². The van der Waals surface area contributed by atoms with Gasteiger partial charge in [0.25, 0.3) is 0 Å². The van der Waals surface area contributed by atoms with Gasteiger partial charge in [0, 0.05) is 59.0 Å². The zero-order valence-corrected chi connectivity index (χ0v) is 20.0. The van der Waals surface area contributed by atoms with Gasteiger partial charge < -0.3 is 19.7 Å². The summed E-state index contributed by atoms with van der Waals surface area (Å²) < 4.78 is 24.5. The first-order chi connectivity index (χ1) is 13.6. The zero-order valence-electron chi connectivity index (χ0n) is 17.7. The highest BCUT2D eigenvalue weighted by Gasteiger charge is 2.35. The van der Waals surface area contributed by atoms with Crippen molar-refractivity contribution in [1.29, 1.82) is 0 Å². The Bertz CT molecular complexity index is 629. The van der Waals surface area contributed by atoms with Crippen LogP contribution in [0.1, 0.15) is 37.7 Å². The molecule has 29 heavy (non-hydrogen) atoms. The van der Waals surface area contributed by atoms with E-state index in [-0.39, 0.29) is 35.2 Å². The first kappa shape index (κ1) is 24.3. The summed E-state index contributed by atoms with van der Waals surface area (Å²) in [6.07, 6.45) is 5.33. The fraction of sp³-hybridized carbons (Fsp3) is 0.682. The highest BCUT2D eigenvalue weighted by molar-refractivity contribution is 14.0. The summed E-state index contributed by atoms with van der Waals surface area (Å²) in [7, 11) is 3.94. The molecular weight excluding hydrogens is 484 g/mol. The molecule has 1 N–H and O–H groups in total. The van der Waals surface area contributed by atoms with E-state index in [1.807, 2.05) is 19.2 Å². The maximum atomic E-state index is 13.4. The van der Waals surface area contributed by atoms with E-state index in [4.69, 9.17) is 9.47 Å². The number of halogens is 2. The first-order valence-corrected chi connectivity index (χ1v) is 10.5. The van der Waals surface area contributed by atoms with E-state index >= 15 is 0 Å². The molecule has 7 heteroatoms. The summed E-state index contributed by atoms with van der Waals surface area (Å²) in [5.74, 6) is 1.47. The molecule has 2 fully saturated rings. The second-order valence-corrected chi connectivity index (χ2v) is 8.07. The standard InChI is InChI=1S/C22H34FN3O2.HI/c1-24-21(26(2)12-7-18-8-13-27-14-9-18)25-17-22(10-15-28-16-11-22)19-3-5-20(23)6-4-19;/h3-6,18H,7-17H2,1-2H3,(H,24,25);1H. The quantitative estimate of drug-likeness (QED) is 0.353. The van der Waals surface area contributed by atoms with Crippen LogP contribution >= 0.6 is 24.0 Å². The molecule has 2 saturated heterocycles. The van der Waals surface area contributed by atoms with Crippen molar-refractivity contribution in [1.82, 2.24) is 10.2 Å². The molecular formula is C22H35FIN3O2. The smallest absolute Gasteiger partial charge is 0.193 e. The van der Waals surface area contributed by atoms with Gasteiger partial charge in [-0.1, -0.05) is 12.1 Å². The van der Waals surface area contributed by atoms with Crippen LogP contribution in [0, 0.1) is 11.7 Å². The minimum Gasteiger partial charge on any atom is -0.381 e. The average Bonchev–Trinajstić information content (AvgIpc) is 2.74. The van der Waals surface area contributed by atoms with E-state index in [0.717, 1.165) is 83.5 Å². The fourth-order valence-electron chi connectivity index (χ4n) is 4.28. The molecule has 3 rings (SSSR count). The van der Waals surface area contributed by atoms with Crippen LogP contribution in [0.4, 0.5) is 4.39 Å². The van der Waals surface area contributed by atoms with Crippen LogP contribution in [-0.4, -0.2) is 64.5 Å². The van der Waals surface area contributed by atoms with Gasteiger partial charge in [-0.2, -0.15) is 0 Å². The van der Waals surface area contributed by atoms with E-state index in [1.165, 1.54) is 5.56 Å². The molecule has 0 aromatic heterocycles. The number of guanidine groups is 1. The molecule has 2 heterocycles. The highest BCUT2D eigenvalue weighted by atomic mass is 127. The normalized spacial score (nSPS) is 20.0. The lowest BCUT2D eigenvalue weighted by Gasteiger charge is -2.39. The van der Waals surface area contributed by atoms with E-state index in [9.17, 15) is 4.39 Å². The Balaban J connectivity index is 0.00000300. The molecule has 0 bridgehead atoms. The highest BCUT2D eigenvalue weighted by Crippen LogP contribution is 2.34. The van der Waals surface area contributed by atoms with Crippen molar-refractivity contribution >= 4 is 29.9 Å². The Morgan fingerprint density at radius 3 is 2.38 bits per heavy atom. The molecule has 1 aromatic rings. The minimum atomic E-state index is -0.192. The molecule has 0 aliphatic carbocycles. The van der Waals surface area contributed by atoms with Crippen LogP contribution in [0.2, 0.25) is 0 Å². The molecule has 0 radical (unpaired) electrons. The SMILES string of the molecule is CN=C(NCC1(c2ccc(F)cc2)CCOCC1)N(C)CCC1CCOCC1.I. The Hall–Kier alpha value is -0.930. The number of rotatable bonds is 6. The number of ether oxygens (including phenoxy) is 2. The molecule has 0 amide bonds. The number of nitrogens with one attached hydrogen (secondary N) is 1. The van der Waals surface area contributed by atoms with Crippen LogP contribution in [-0.2, 0) is 14.9 Å². The van der Waals surface area contributed by atoms with Crippen molar-refractivity contribution in [2.45, 2.75) is 37.5 Å². The minimum absolute atomic E-state index is 0. The van der Waals surface area contributed by atoms with E-state index in [2.05, 4.69) is 22.3 Å². The molecule has 164 valence electrons. The van der Waals surface area contributed by atoms with Gasteiger partial charge in [0.05, 0.1) is 0 Å². The van der Waals surface area contributed by atoms with E-state index < -0.39 is 0 Å². The van der Waals surface area contributed by atoms with Gasteiger partial charge in [-0.3, -0.25) is 4.99 Å². The van der Waals surface area contributed by atoms with Crippen LogP contribution < -0.4 is 5.32 Å². The van der Waals surface area contributed by atoms with Gasteiger partial charge in [0.2, 0.25) is 0 Å². The number of benzene rings is 1. The van der Waals surface area contributed by atoms with E-state index in [0.29, 0.717) is 0 Å². The topological polar surface area (TPSA) is 46.1 Å². The summed E-state index contributed by atoms with van der Waals surface area (Å²) >= 11 is 0. The molecule has 2 aliphatic heterocycles. The second-order valence-electron chi connectivity index (χ2n) is 8.07. The van der Waals surface area contributed by atoms with Gasteiger partial charge in [0.1, 0.15) is 5.82 Å². The van der Waals surface area contributed by atoms with Crippen LogP contribution in [0.5, 0.6) is 0 Å². The number of nitrogens with zero attached hydrogens (tertiary/aromatic N) is 2. The van der Waals surface area contributed by atoms with Gasteiger partial charge >= 0.3 is 0 Å². The summed E-state index contributed by atoms with van der Waals surface area (Å²) in [4.78, 5) is 6.71. The van der Waals surface area contributed by atoms with Gasteiger partial charge in [-0.25, -0.2) is 4.39 Å². The van der Waals surface area contributed by atoms with Crippen LogP contribution in [0.3, 0.4) is 0 Å². The monoisotopic (exact) mass is 519 g/mol. The molecule has 0 atom stereocenters. The third-order valence-corrected chi connectivity index (χ3v) is 6.28. The number of aliphatic imine (C=N–C) groups is 1. The molecule has 0 spiro atoms. The third-order valence-electron chi connectivity index (χ3n) is 6.28. The molecule has 2 aliphatic rings. The summed E-state index contributed by atoms with van der Waals surface area (Å²) in [5, 5.41) is 3.58. The molecule has 0 unspecified atom stereocenters. The fourth-order valence-corrected chi connectivity index (χ4v) is 4.28. The van der Waals surface area contributed by atoms with Crippen molar-refractivity contribution in [3.63, 3.8) is 0 Å². The summed E-state index contributed by atoms with van der Waals surface area (Å²) in [6, 6.07) is 6.95. The van der Waals surface area contributed by atoms with E-state index in [1.54, 1.807) is 12.1 Å². The number of hydrogen-bond acceptors (Lipinski definition) is 3. The lowest BCUT2D eigenvalue weighted by atomic mass is 9.74. The van der Waals surface area contributed by atoms with Crippen LogP contribution in [0.25, 0.3) is 0 Å². The Kier molecular flexibility index (Phi) is 10.1. The predicted octanol–water partition coefficient (Wildman–Crippen LogP) is 3.82. The van der Waals surface area contributed by atoms with Crippen molar-refractivity contribution in [3.05, 3.63) is 35.6 Å². The molecule has 5 nitrogen and oxygen atoms in total. The van der Waals surface area contributed by atoms with Crippen molar-refractivity contribution < 1.29 is 13.9 Å². The molecule has 1 aromatic carbocycles. The molecule has 0 saturated carbocycles. The van der Waals surface area contributed by atoms with Gasteiger partial charge in [-0.15, -0.1) is 24.0 Å². The third kappa shape index (κ3) is 6.79. The van der Waals surface area contributed by atoms with Gasteiger partial charge in [0.15, 0.2) is 5.96 Å². The maximum Gasteiger partial charge on any atom is 0.193 e. The lowest BCUT2D eigenvalue weighted by molar-refractivity contribution is 0.0510. The Morgan fingerprint density at radius 1 is 1.14 bits per heavy atom. The number of hydrogen-bond donors (Lipinski definition) is 1.